The van der Waals surface area contributed by atoms with Crippen LogP contribution in [-0.2, 0) is 10.3 Å². The quantitative estimate of drug-likeness (QED) is 0.701. The Kier molecular flexibility index (Phi) is 5.62. The van der Waals surface area contributed by atoms with Crippen LogP contribution in [0.25, 0.3) is 11.1 Å². The number of nitrogens with zero attached hydrogens (tertiary/aromatic N) is 3. The van der Waals surface area contributed by atoms with Crippen molar-refractivity contribution in [1.29, 1.82) is 5.26 Å². The number of amides is 1. The monoisotopic (exact) mass is 408 g/mol. The van der Waals surface area contributed by atoms with Crippen LogP contribution >= 0.6 is 11.3 Å². The summed E-state index contributed by atoms with van der Waals surface area (Å²) >= 11 is 1.52. The highest BCUT2D eigenvalue weighted by Crippen LogP contribution is 2.44. The largest absolute Gasteiger partial charge is 0.401 e. The van der Waals surface area contributed by atoms with E-state index >= 15 is 0 Å². The normalized spacial score (nSPS) is 22.2. The summed E-state index contributed by atoms with van der Waals surface area (Å²) in [6.07, 6.45) is 2.04. The molecule has 0 saturated heterocycles. The molecule has 2 atom stereocenters. The maximum Gasteiger partial charge on any atom is 0.235 e. The van der Waals surface area contributed by atoms with Gasteiger partial charge in [-0.25, -0.2) is 4.99 Å². The van der Waals surface area contributed by atoms with Gasteiger partial charge in [-0.15, -0.1) is 11.3 Å². The van der Waals surface area contributed by atoms with E-state index in [0.717, 1.165) is 16.0 Å². The number of rotatable bonds is 5. The van der Waals surface area contributed by atoms with Crippen LogP contribution in [0.5, 0.6) is 0 Å². The van der Waals surface area contributed by atoms with Crippen molar-refractivity contribution in [1.82, 2.24) is 10.2 Å². The van der Waals surface area contributed by atoms with Gasteiger partial charge in [0, 0.05) is 37.3 Å². The van der Waals surface area contributed by atoms with Crippen LogP contribution in [0.1, 0.15) is 23.8 Å². The van der Waals surface area contributed by atoms with Crippen molar-refractivity contribution in [2.24, 2.45) is 22.4 Å². The lowest BCUT2D eigenvalue weighted by molar-refractivity contribution is -0.134. The summed E-state index contributed by atoms with van der Waals surface area (Å²) in [6, 6.07) is 11.6. The van der Waals surface area contributed by atoms with Crippen LogP contribution in [0.15, 0.2) is 52.6 Å². The number of benzene rings is 1. The number of carbonyl (C=O) groups excluding carboxylic acids is 1. The topological polar surface area (TPSA) is 121 Å². The molecular weight excluding hydrogens is 384 g/mol. The predicted molar refractivity (Wildman–Crippen MR) is 116 cm³/mol. The van der Waals surface area contributed by atoms with Crippen molar-refractivity contribution in [2.45, 2.75) is 18.9 Å². The van der Waals surface area contributed by atoms with Gasteiger partial charge in [-0.1, -0.05) is 12.1 Å². The van der Waals surface area contributed by atoms with Gasteiger partial charge in [0.1, 0.15) is 5.54 Å². The van der Waals surface area contributed by atoms with Gasteiger partial charge >= 0.3 is 0 Å². The summed E-state index contributed by atoms with van der Waals surface area (Å²) in [5.41, 5.74) is 14.4. The van der Waals surface area contributed by atoms with Crippen LogP contribution in [0, 0.1) is 17.2 Å². The molecule has 0 saturated carbocycles. The summed E-state index contributed by atoms with van der Waals surface area (Å²) < 4.78 is 0. The molecule has 1 aromatic carbocycles. The molecule has 1 aromatic heterocycles. The Morgan fingerprint density at radius 3 is 2.90 bits per heavy atom. The van der Waals surface area contributed by atoms with E-state index in [1.165, 1.54) is 16.2 Å². The zero-order chi connectivity index (χ0) is 21.2. The summed E-state index contributed by atoms with van der Waals surface area (Å²) in [6.45, 7) is 1.92. The number of allylic oxidation sites excluding steroid dienone is 1. The van der Waals surface area contributed by atoms with Crippen molar-refractivity contribution in [2.75, 3.05) is 14.1 Å². The molecule has 1 amide bonds. The van der Waals surface area contributed by atoms with Gasteiger partial charge in [0.05, 0.1) is 17.6 Å². The molecule has 3 rings (SSSR count). The van der Waals surface area contributed by atoms with Gasteiger partial charge in [0.25, 0.3) is 0 Å². The summed E-state index contributed by atoms with van der Waals surface area (Å²) in [5.74, 6) is -0.415. The smallest absolute Gasteiger partial charge is 0.235 e. The molecule has 1 aliphatic heterocycles. The maximum absolute atomic E-state index is 13.1. The van der Waals surface area contributed by atoms with E-state index in [0.29, 0.717) is 17.7 Å². The fraction of sp³-hybridized carbons (Fsp3) is 0.286. The molecule has 0 spiro atoms. The standard InChI is InChI=1S/C21H24N6OS/c1-21(17(9-16(23)11-25-2)19(28)27(3)20(24)26-21)18-8-15(12-29-18)14-6-4-5-13(7-14)10-22/h4-8,11-12,17,25H,9,23H2,1-3H3,(H2,24,26)/b16-11-/t17?,21-/m0/s1. The molecule has 2 heterocycles. The number of nitriles is 1. The van der Waals surface area contributed by atoms with E-state index in [1.54, 1.807) is 26.4 Å². The molecule has 29 heavy (non-hydrogen) atoms. The summed E-state index contributed by atoms with van der Waals surface area (Å²) in [7, 11) is 3.39. The van der Waals surface area contributed by atoms with E-state index in [2.05, 4.69) is 11.4 Å². The van der Waals surface area contributed by atoms with Crippen molar-refractivity contribution in [3.63, 3.8) is 0 Å². The molecule has 8 heteroatoms. The van der Waals surface area contributed by atoms with Crippen molar-refractivity contribution in [3.8, 4) is 17.2 Å². The number of aliphatic imine (C=N–C) groups is 1. The molecule has 5 N–H and O–H groups in total. The second kappa shape index (κ2) is 7.97. The van der Waals surface area contributed by atoms with Crippen LogP contribution in [-0.4, -0.2) is 30.9 Å². The number of hydrogen-bond acceptors (Lipinski definition) is 7. The Morgan fingerprint density at radius 2 is 2.21 bits per heavy atom. The van der Waals surface area contributed by atoms with Crippen molar-refractivity contribution >= 4 is 23.2 Å². The first kappa shape index (κ1) is 20.4. The predicted octanol–water partition coefficient (Wildman–Crippen LogP) is 2.31. The fourth-order valence-electron chi connectivity index (χ4n) is 3.49. The first-order chi connectivity index (χ1) is 13.8. The lowest BCUT2D eigenvalue weighted by atomic mass is 9.79. The molecule has 0 fully saturated rings. The molecule has 0 radical (unpaired) electrons. The maximum atomic E-state index is 13.1. The molecular formula is C21H24N6OS. The molecule has 2 aromatic rings. The number of carbonyl (C=O) groups is 1. The number of guanidine groups is 1. The Hall–Kier alpha value is -3.31. The lowest BCUT2D eigenvalue weighted by Gasteiger charge is -2.39. The third-order valence-electron chi connectivity index (χ3n) is 5.19. The second-order valence-electron chi connectivity index (χ2n) is 7.17. The Labute approximate surface area is 174 Å². The Balaban J connectivity index is 2.05. The number of nitrogens with two attached hydrogens (primary N) is 2. The Bertz CT molecular complexity index is 1030. The Morgan fingerprint density at radius 1 is 1.45 bits per heavy atom. The van der Waals surface area contributed by atoms with Crippen LogP contribution < -0.4 is 16.8 Å². The minimum Gasteiger partial charge on any atom is -0.401 e. The van der Waals surface area contributed by atoms with Crippen LogP contribution in [0.2, 0.25) is 0 Å². The van der Waals surface area contributed by atoms with Gasteiger partial charge in [-0.3, -0.25) is 9.69 Å². The van der Waals surface area contributed by atoms with Crippen LogP contribution in [0.3, 0.4) is 0 Å². The lowest BCUT2D eigenvalue weighted by Crippen LogP contribution is -2.53. The SMILES string of the molecule is CN/C=C(\N)CC1C(=O)N(C)C(N)=N[C@]1(C)c1cc(-c2cccc(C#N)c2)cs1. The highest BCUT2D eigenvalue weighted by Gasteiger charge is 2.47. The molecule has 0 aliphatic carbocycles. The fourth-order valence-corrected chi connectivity index (χ4v) is 4.57. The highest BCUT2D eigenvalue weighted by atomic mass is 32.1. The van der Waals surface area contributed by atoms with Gasteiger partial charge in [-0.05, 0) is 41.6 Å². The first-order valence-electron chi connectivity index (χ1n) is 9.14. The van der Waals surface area contributed by atoms with Crippen molar-refractivity contribution < 1.29 is 4.79 Å². The molecule has 0 bridgehead atoms. The molecule has 150 valence electrons. The molecule has 1 aliphatic rings. The zero-order valence-electron chi connectivity index (χ0n) is 16.6. The van der Waals surface area contributed by atoms with Crippen LogP contribution in [0.4, 0.5) is 0 Å². The molecule has 1 unspecified atom stereocenters. The van der Waals surface area contributed by atoms with E-state index in [4.69, 9.17) is 21.7 Å². The number of thiophene rings is 1. The average Bonchev–Trinajstić information content (AvgIpc) is 3.21. The molecule has 7 nitrogen and oxygen atoms in total. The highest BCUT2D eigenvalue weighted by molar-refractivity contribution is 7.10. The summed E-state index contributed by atoms with van der Waals surface area (Å²) in [4.78, 5) is 20.1. The van der Waals surface area contributed by atoms with Gasteiger partial charge in [0.2, 0.25) is 5.91 Å². The summed E-state index contributed by atoms with van der Waals surface area (Å²) in [5, 5.41) is 14.1. The van der Waals surface area contributed by atoms with E-state index in [1.807, 2.05) is 36.6 Å². The minimum atomic E-state index is -0.838. The third-order valence-corrected chi connectivity index (χ3v) is 6.35. The van der Waals surface area contributed by atoms with E-state index in [9.17, 15) is 4.79 Å². The number of hydrogen-bond donors (Lipinski definition) is 3. The minimum absolute atomic E-state index is 0.117. The van der Waals surface area contributed by atoms with Gasteiger partial charge in [-0.2, -0.15) is 5.26 Å². The first-order valence-corrected chi connectivity index (χ1v) is 10.0. The third kappa shape index (κ3) is 3.82. The second-order valence-corrected chi connectivity index (χ2v) is 8.08. The average molecular weight is 409 g/mol. The van der Waals surface area contributed by atoms with Gasteiger partial charge in [0.15, 0.2) is 5.96 Å². The van der Waals surface area contributed by atoms with Gasteiger partial charge < -0.3 is 16.8 Å². The van der Waals surface area contributed by atoms with Crippen molar-refractivity contribution in [3.05, 3.63) is 58.0 Å². The van der Waals surface area contributed by atoms with E-state index in [-0.39, 0.29) is 11.9 Å². The number of nitrogens with one attached hydrogen (secondary N) is 1. The van der Waals surface area contributed by atoms with E-state index < -0.39 is 11.5 Å². The zero-order valence-corrected chi connectivity index (χ0v) is 17.5.